The molecule has 0 aromatic carbocycles. The maximum atomic E-state index is 14.1. The van der Waals surface area contributed by atoms with Gasteiger partial charge in [0.15, 0.2) is 0 Å². The number of nitrogens with one attached hydrogen (secondary N) is 5. The number of aliphatic hydroxyl groups excluding tert-OH is 1. The van der Waals surface area contributed by atoms with Crippen molar-refractivity contribution in [1.29, 1.82) is 0 Å². The van der Waals surface area contributed by atoms with Gasteiger partial charge in [-0.3, -0.25) is 121 Å². The minimum Gasteiger partial charge on any atom is -0.390 e. The molecule has 5 aromatic heterocycles. The van der Waals surface area contributed by atoms with E-state index in [1.807, 2.05) is 24.9 Å². The second-order valence-corrected chi connectivity index (χ2v) is 32.3. The minimum absolute atomic E-state index is 0.103. The van der Waals surface area contributed by atoms with Crippen molar-refractivity contribution in [3.63, 3.8) is 0 Å². The van der Waals surface area contributed by atoms with Crippen LogP contribution in [-0.4, -0.2) is 207 Å². The van der Waals surface area contributed by atoms with Crippen LogP contribution in [0.4, 0.5) is 0 Å². The first-order valence-corrected chi connectivity index (χ1v) is 40.4. The van der Waals surface area contributed by atoms with Crippen LogP contribution in [0, 0.1) is 0 Å². The molecule has 22 atom stereocenters. The molecule has 0 amide bonds. The summed E-state index contributed by atoms with van der Waals surface area (Å²) in [4.78, 5) is 208. The fourth-order valence-corrected chi connectivity index (χ4v) is 16.9. The van der Waals surface area contributed by atoms with Crippen LogP contribution in [0.5, 0.6) is 0 Å². The topological polar surface area (TPSA) is 695 Å². The Bertz CT molecular complexity index is 4990. The van der Waals surface area contributed by atoms with Crippen LogP contribution >= 0.6 is 46.9 Å². The van der Waals surface area contributed by atoms with Crippen LogP contribution in [0.1, 0.15) is 69.7 Å². The first-order chi connectivity index (χ1) is 50.2. The highest BCUT2D eigenvalue weighted by atomic mass is 31.2. The van der Waals surface area contributed by atoms with Crippen molar-refractivity contribution < 1.29 is 145 Å². The molecule has 6 fully saturated rings. The number of phosphoric ester groups is 6. The molecule has 0 spiro atoms. The molecule has 13 N–H and O–H groups in total. The molecule has 6 aliphatic rings. The lowest BCUT2D eigenvalue weighted by atomic mass is 10.2. The van der Waals surface area contributed by atoms with E-state index in [9.17, 15) is 105 Å². The molecule has 0 bridgehead atoms. The fourth-order valence-electron chi connectivity index (χ4n) is 11.8. The number of rotatable bonds is 33. The lowest BCUT2D eigenvalue weighted by Crippen LogP contribution is -2.32. The summed E-state index contributed by atoms with van der Waals surface area (Å²) in [6.45, 7) is -6.36. The third-order valence-corrected chi connectivity index (χ3v) is 22.2. The molecule has 0 radical (unpaired) electrons. The average Bonchev–Trinajstić information content (AvgIpc) is 1.64. The van der Waals surface area contributed by atoms with Crippen molar-refractivity contribution in [2.75, 3.05) is 46.2 Å². The van der Waals surface area contributed by atoms with Gasteiger partial charge in [0.05, 0.1) is 45.7 Å². The van der Waals surface area contributed by atoms with Gasteiger partial charge in [-0.1, -0.05) is 0 Å². The molecule has 51 nitrogen and oxygen atoms in total. The largest absolute Gasteiger partial charge is 0.472 e. The third kappa shape index (κ3) is 21.7. The van der Waals surface area contributed by atoms with E-state index in [2.05, 4.69) is 4.52 Å². The Morgan fingerprint density at radius 1 is 0.336 bits per heavy atom. The van der Waals surface area contributed by atoms with E-state index in [4.69, 9.17) is 83.4 Å². The summed E-state index contributed by atoms with van der Waals surface area (Å²) in [5.74, 6) is 0. The van der Waals surface area contributed by atoms with Gasteiger partial charge < -0.3 is 67.8 Å². The zero-order chi connectivity index (χ0) is 77.3. The Balaban J connectivity index is 0.765. The highest BCUT2D eigenvalue weighted by Crippen LogP contribution is 2.56. The molecule has 0 saturated carbocycles. The van der Waals surface area contributed by atoms with Crippen LogP contribution in [-0.2, 0) is 106 Å². The lowest BCUT2D eigenvalue weighted by molar-refractivity contribution is -0.0653. The molecule has 5 aromatic rings. The molecular weight excluding hydrogens is 1580 g/mol. The molecule has 5 unspecified atom stereocenters. The van der Waals surface area contributed by atoms with Crippen LogP contribution in [0.2, 0.25) is 0 Å². The van der Waals surface area contributed by atoms with Gasteiger partial charge in [-0.25, -0.2) is 51.4 Å². The SMILES string of the molecule is O=c1ccn([C@H]2C[C@H](OP(=O)(O)OC[C@H]3O[C@@H](n4ccc(=O)[nH]c4=O)C[C@@H]3OP(=O)(O)OC[C@H]3O[C@@H](n4ccc(=O)[nH]c4=O)C[C@@H]3OP(=O)(O)OC[C@H]3O[C@@H](n4ccc(=O)[nH]c4=O)C[C@@H]3OP(=O)(O)OC[C@H]3O[C@@H](n4ccc(=O)[nH]c4=O)C[C@@H]3O)[C@@H](COP(=O)(O)O[C@H]3CCO[C@@H]3COP(=O)(O)O)O2)c(=O)[nH]1. The quantitative estimate of drug-likeness (QED) is 0.0178. The smallest absolute Gasteiger partial charge is 0.390 e. The Labute approximate surface area is 592 Å². The van der Waals surface area contributed by atoms with Gasteiger partial charge in [-0.15, -0.1) is 0 Å². The molecule has 6 aliphatic heterocycles. The summed E-state index contributed by atoms with van der Waals surface area (Å²) in [6, 6.07) is 4.55. The van der Waals surface area contributed by atoms with Crippen LogP contribution in [0.3, 0.4) is 0 Å². The molecule has 11 heterocycles. The predicted molar refractivity (Wildman–Crippen MR) is 341 cm³/mol. The van der Waals surface area contributed by atoms with Gasteiger partial charge in [-0.05, 0) is 0 Å². The zero-order valence-corrected chi connectivity index (χ0v) is 59.6. The molecule has 6 saturated heterocycles. The van der Waals surface area contributed by atoms with Crippen molar-refractivity contribution >= 4 is 46.9 Å². The average molecular weight is 1650 g/mol. The van der Waals surface area contributed by atoms with E-state index in [1.165, 1.54) is 0 Å². The highest BCUT2D eigenvalue weighted by Gasteiger charge is 2.51. The van der Waals surface area contributed by atoms with Gasteiger partial charge in [0, 0.05) is 106 Å². The number of aromatic nitrogens is 10. The maximum Gasteiger partial charge on any atom is 0.472 e. The maximum absolute atomic E-state index is 14.1. The number of nitrogens with zero attached hydrogens (tertiary/aromatic N) is 5. The first-order valence-electron chi connectivity index (χ1n) is 31.3. The Morgan fingerprint density at radius 2 is 0.570 bits per heavy atom. The predicted octanol–water partition coefficient (Wildman–Crippen LogP) is -4.05. The van der Waals surface area contributed by atoms with Crippen molar-refractivity contribution in [2.24, 2.45) is 0 Å². The van der Waals surface area contributed by atoms with Gasteiger partial charge >= 0.3 is 75.4 Å². The summed E-state index contributed by atoms with van der Waals surface area (Å²) in [7, 11) is -32.5. The molecule has 592 valence electrons. The third-order valence-electron chi connectivity index (χ3n) is 16.6. The Kier molecular flexibility index (Phi) is 25.5. The van der Waals surface area contributed by atoms with Crippen molar-refractivity contribution in [1.82, 2.24) is 47.8 Å². The van der Waals surface area contributed by atoms with Crippen molar-refractivity contribution in [3.8, 4) is 0 Å². The van der Waals surface area contributed by atoms with E-state index in [0.717, 1.165) is 84.2 Å². The molecule has 11 rings (SSSR count). The number of phosphoric acid groups is 6. The molecule has 57 heteroatoms. The van der Waals surface area contributed by atoms with Gasteiger partial charge in [0.1, 0.15) is 98.3 Å². The number of ether oxygens (including phenoxy) is 6. The second-order valence-electron chi connectivity index (χ2n) is 24.0. The van der Waals surface area contributed by atoms with E-state index in [1.54, 1.807) is 0 Å². The molecular formula is C50H66N10O41P6. The summed E-state index contributed by atoms with van der Waals surface area (Å²) in [5.41, 5.74) is -9.49. The Hall–Kier alpha value is -6.22. The number of hydrogen-bond donors (Lipinski definition) is 13. The van der Waals surface area contributed by atoms with E-state index in [-0.39, 0.29) is 19.4 Å². The first kappa shape index (κ1) is 81.8. The molecule has 0 aliphatic carbocycles. The standard InChI is InChI=1S/C50H66N10O41P6/c61-24-13-41(56-7-1-36(62)51-46(56)67)92-30(24)18-87-104(77,78)98-26-14-42(57-8-2-37(63)52-47(57)68)94-33(26)21-89-106(81,82)100-28-16-44(59-10-4-39(65)54-49(59)70)96-35(28)23-91-107(83,84)101-29-17-45(60-11-5-40(66)55-50(60)71)95-34(29)22-90-105(79,80)99-27-15-43(58-9-3-38(64)53-48(58)69)93-32(27)20-88-103(75,76)97-25-6-12-85-31(25)19-86-102(72,73)74/h1-5,7-11,24-35,41-45,61H,6,12-23H2,(H,75,76)(H,77,78)(H,79,80)(H,81,82)(H,83,84)(H,51,62,67)(H,52,63,68)(H,53,64,69)(H,54,65,70)(H,55,66,71)(H2,72,73,74)/t24-,25-,26-,27-,28-,29-,30+,31+,32+,33+,34+,35+,41+,42+,43+,44+,45+/m0/s1. The highest BCUT2D eigenvalue weighted by molar-refractivity contribution is 7.48. The fraction of sp³-hybridized carbons (Fsp3) is 0.600. The van der Waals surface area contributed by atoms with Crippen LogP contribution in [0.25, 0.3) is 0 Å². The second kappa shape index (κ2) is 33.4. The normalized spacial score (nSPS) is 31.1. The monoisotopic (exact) mass is 1650 g/mol. The minimum atomic E-state index is -5.67. The van der Waals surface area contributed by atoms with E-state index >= 15 is 0 Å². The molecule has 107 heavy (non-hydrogen) atoms. The van der Waals surface area contributed by atoms with Gasteiger partial charge in [-0.2, -0.15) is 0 Å². The van der Waals surface area contributed by atoms with Crippen molar-refractivity contribution in [2.45, 2.75) is 143 Å². The number of aliphatic hydroxyl groups is 1. The van der Waals surface area contributed by atoms with Crippen LogP contribution < -0.4 is 56.2 Å². The Morgan fingerprint density at radius 3 is 0.832 bits per heavy atom. The van der Waals surface area contributed by atoms with E-state index < -0.39 is 273 Å². The van der Waals surface area contributed by atoms with Crippen molar-refractivity contribution in [3.05, 3.63) is 166 Å². The van der Waals surface area contributed by atoms with Gasteiger partial charge in [0.25, 0.3) is 27.8 Å². The summed E-state index contributed by atoms with van der Waals surface area (Å²) < 4.78 is 176. The summed E-state index contributed by atoms with van der Waals surface area (Å²) >= 11 is 0. The lowest BCUT2D eigenvalue weighted by Gasteiger charge is -2.26. The summed E-state index contributed by atoms with van der Waals surface area (Å²) in [6.07, 6.45) is -25.1. The van der Waals surface area contributed by atoms with Gasteiger partial charge in [0.2, 0.25) is 0 Å². The number of H-pyrrole nitrogens is 5. The van der Waals surface area contributed by atoms with E-state index in [0.29, 0.717) is 0 Å². The van der Waals surface area contributed by atoms with Crippen LogP contribution in [0.15, 0.2) is 109 Å². The number of aromatic amines is 5. The number of hydrogen-bond acceptors (Lipinski definition) is 34. The summed E-state index contributed by atoms with van der Waals surface area (Å²) in [5, 5.41) is 10.7. The zero-order valence-electron chi connectivity index (χ0n) is 54.3.